The fraction of sp³-hybridized carbons (Fsp3) is 0. The number of nitro benzene ring substituents is 1. The normalized spacial score (nSPS) is 10.4. The van der Waals surface area contributed by atoms with Gasteiger partial charge in [0.1, 0.15) is 34.0 Å². The highest BCUT2D eigenvalue weighted by Crippen LogP contribution is 2.35. The van der Waals surface area contributed by atoms with Crippen LogP contribution in [0.1, 0.15) is 5.56 Å². The second-order valence-corrected chi connectivity index (χ2v) is 10.5. The lowest BCUT2D eigenvalue weighted by atomic mass is 10.2. The molecule has 5 aromatic rings. The van der Waals surface area contributed by atoms with Crippen LogP contribution in [0.4, 0.5) is 11.5 Å². The Morgan fingerprint density at radius 1 is 0.842 bits per heavy atom. The molecular weight excluding hydrogens is 544 g/mol. The summed E-state index contributed by atoms with van der Waals surface area (Å²) in [5.41, 5.74) is 7.00. The van der Waals surface area contributed by atoms with E-state index in [2.05, 4.69) is 11.1 Å². The highest BCUT2D eigenvalue weighted by atomic mass is 35.5. The number of rotatable bonds is 5. The number of nitrogen functional groups attached to an aromatic ring is 1. The first-order valence-corrected chi connectivity index (χ1v) is 12.9. The number of hydrogen-bond donors (Lipinski definition) is 4. The van der Waals surface area contributed by atoms with Crippen LogP contribution in [0.5, 0.6) is 11.5 Å². The van der Waals surface area contributed by atoms with E-state index >= 15 is 0 Å². The number of hydrogen-bond acceptors (Lipinski definition) is 8. The van der Waals surface area contributed by atoms with Crippen molar-refractivity contribution in [1.29, 1.82) is 5.26 Å². The first-order chi connectivity index (χ1) is 18.2. The minimum absolute atomic E-state index is 0.105. The molecular formula is C27H19ClN4O4S2. The standard InChI is InChI=1S/C15H11N3OS.C12H8ClNO3S/c16-8-13-12-7-11(5-6-14(12)18-15(13)17)20-10-3-1-9(19)2-4-10;13-11-7-10(5-6-12(11)14(16)17)18-9-3-1-8(15)2-4-9/h1-7,18-19H,17H2;1-7,15H. The predicted molar refractivity (Wildman–Crippen MR) is 150 cm³/mol. The Morgan fingerprint density at radius 3 is 1.84 bits per heavy atom. The minimum Gasteiger partial charge on any atom is -0.508 e. The highest BCUT2D eigenvalue weighted by Gasteiger charge is 2.12. The van der Waals surface area contributed by atoms with Crippen molar-refractivity contribution >= 4 is 57.5 Å². The molecule has 0 aliphatic carbocycles. The quantitative estimate of drug-likeness (QED) is 0.126. The Hall–Kier alpha value is -4.30. The van der Waals surface area contributed by atoms with E-state index in [9.17, 15) is 15.2 Å². The van der Waals surface area contributed by atoms with Gasteiger partial charge in [-0.05, 0) is 78.9 Å². The number of nitrogens with one attached hydrogen (secondary N) is 1. The summed E-state index contributed by atoms with van der Waals surface area (Å²) in [6, 6.07) is 26.2. The van der Waals surface area contributed by atoms with Crippen molar-refractivity contribution in [2.24, 2.45) is 0 Å². The van der Waals surface area contributed by atoms with E-state index in [0.717, 1.165) is 30.5 Å². The lowest BCUT2D eigenvalue weighted by Gasteiger charge is -2.03. The Morgan fingerprint density at radius 2 is 1.34 bits per heavy atom. The Balaban J connectivity index is 0.000000178. The number of halogens is 1. The second kappa shape index (κ2) is 11.8. The molecule has 0 spiro atoms. The molecule has 8 nitrogen and oxygen atoms in total. The number of fused-ring (bicyclic) bond motifs is 1. The van der Waals surface area contributed by atoms with Crippen LogP contribution in [0.25, 0.3) is 10.9 Å². The number of aromatic hydroxyl groups is 2. The topological polar surface area (TPSA) is 149 Å². The molecule has 0 radical (unpaired) electrons. The summed E-state index contributed by atoms with van der Waals surface area (Å²) in [6.45, 7) is 0. The molecule has 1 heterocycles. The van der Waals surface area contributed by atoms with Crippen LogP contribution in [-0.4, -0.2) is 20.1 Å². The predicted octanol–water partition coefficient (Wildman–Crippen LogP) is 7.58. The molecule has 5 N–H and O–H groups in total. The summed E-state index contributed by atoms with van der Waals surface area (Å²) < 4.78 is 0. The summed E-state index contributed by atoms with van der Waals surface area (Å²) in [7, 11) is 0. The summed E-state index contributed by atoms with van der Waals surface area (Å²) in [6.07, 6.45) is 0. The van der Waals surface area contributed by atoms with E-state index in [0.29, 0.717) is 11.4 Å². The Bertz CT molecular complexity index is 1650. The number of benzene rings is 4. The fourth-order valence-electron chi connectivity index (χ4n) is 3.38. The van der Waals surface area contributed by atoms with Gasteiger partial charge >= 0.3 is 0 Å². The Kier molecular flexibility index (Phi) is 8.33. The average molecular weight is 563 g/mol. The smallest absolute Gasteiger partial charge is 0.287 e. The maximum Gasteiger partial charge on any atom is 0.287 e. The molecule has 0 saturated carbocycles. The van der Waals surface area contributed by atoms with Gasteiger partial charge < -0.3 is 20.9 Å². The lowest BCUT2D eigenvalue weighted by Crippen LogP contribution is -1.88. The van der Waals surface area contributed by atoms with Crippen LogP contribution in [0.15, 0.2) is 105 Å². The summed E-state index contributed by atoms with van der Waals surface area (Å²) in [4.78, 5) is 16.8. The van der Waals surface area contributed by atoms with E-state index in [1.807, 2.05) is 30.3 Å². The molecule has 0 saturated heterocycles. The lowest BCUT2D eigenvalue weighted by molar-refractivity contribution is -0.384. The molecule has 0 atom stereocenters. The number of nitro groups is 1. The number of phenols is 2. The van der Waals surface area contributed by atoms with Gasteiger partial charge in [0, 0.05) is 36.6 Å². The number of nitrogens with zero attached hydrogens (tertiary/aromatic N) is 2. The molecule has 190 valence electrons. The van der Waals surface area contributed by atoms with Gasteiger partial charge in [0.2, 0.25) is 0 Å². The molecule has 0 unspecified atom stereocenters. The third kappa shape index (κ3) is 6.52. The number of phenolic OH excluding ortho intramolecular Hbond substituents is 2. The van der Waals surface area contributed by atoms with Crippen molar-refractivity contribution in [3.05, 3.63) is 106 Å². The van der Waals surface area contributed by atoms with E-state index in [4.69, 9.17) is 27.7 Å². The Labute approximate surface area is 230 Å². The van der Waals surface area contributed by atoms with Crippen molar-refractivity contribution in [2.45, 2.75) is 19.6 Å². The van der Waals surface area contributed by atoms with Crippen molar-refractivity contribution in [3.63, 3.8) is 0 Å². The van der Waals surface area contributed by atoms with Crippen molar-refractivity contribution < 1.29 is 15.1 Å². The monoisotopic (exact) mass is 562 g/mol. The van der Waals surface area contributed by atoms with Crippen LogP contribution >= 0.6 is 35.1 Å². The van der Waals surface area contributed by atoms with Crippen LogP contribution in [0.2, 0.25) is 5.02 Å². The molecule has 0 aliphatic heterocycles. The van der Waals surface area contributed by atoms with E-state index < -0.39 is 4.92 Å². The van der Waals surface area contributed by atoms with Crippen molar-refractivity contribution in [3.8, 4) is 17.6 Å². The first kappa shape index (κ1) is 26.8. The summed E-state index contributed by atoms with van der Waals surface area (Å²) in [5, 5.41) is 39.1. The SMILES string of the molecule is N#Cc1c(N)[nH]c2ccc(Sc3ccc(O)cc3)cc12.O=[N+]([O-])c1ccc(Sc2ccc(O)cc2)cc1Cl. The van der Waals surface area contributed by atoms with E-state index in [1.165, 1.54) is 17.8 Å². The van der Waals surface area contributed by atoms with E-state index in [1.54, 1.807) is 60.3 Å². The molecule has 0 bridgehead atoms. The van der Waals surface area contributed by atoms with E-state index in [-0.39, 0.29) is 22.2 Å². The third-order valence-corrected chi connectivity index (χ3v) is 7.47. The molecule has 38 heavy (non-hydrogen) atoms. The zero-order valence-electron chi connectivity index (χ0n) is 19.5. The van der Waals surface area contributed by atoms with Crippen molar-refractivity contribution in [1.82, 2.24) is 4.98 Å². The number of H-pyrrole nitrogens is 1. The van der Waals surface area contributed by atoms with Gasteiger partial charge in [-0.1, -0.05) is 35.1 Å². The van der Waals surface area contributed by atoms with Gasteiger partial charge in [0.25, 0.3) is 5.69 Å². The maximum absolute atomic E-state index is 10.6. The highest BCUT2D eigenvalue weighted by molar-refractivity contribution is 7.99. The zero-order chi connectivity index (χ0) is 27.2. The number of nitriles is 1. The number of anilines is 1. The molecule has 0 amide bonds. The molecule has 11 heteroatoms. The van der Waals surface area contributed by atoms with Crippen LogP contribution < -0.4 is 5.73 Å². The molecule has 0 fully saturated rings. The van der Waals surface area contributed by atoms with Crippen LogP contribution in [0, 0.1) is 21.4 Å². The van der Waals surface area contributed by atoms with Gasteiger partial charge in [-0.25, -0.2) is 0 Å². The summed E-state index contributed by atoms with van der Waals surface area (Å²) in [5.74, 6) is 0.838. The first-order valence-electron chi connectivity index (χ1n) is 10.9. The fourth-order valence-corrected chi connectivity index (χ4v) is 5.40. The van der Waals surface area contributed by atoms with Gasteiger partial charge in [-0.15, -0.1) is 0 Å². The van der Waals surface area contributed by atoms with Crippen molar-refractivity contribution in [2.75, 3.05) is 5.73 Å². The number of aromatic amines is 1. The number of nitrogens with two attached hydrogens (primary N) is 1. The summed E-state index contributed by atoms with van der Waals surface area (Å²) >= 11 is 8.80. The van der Waals surface area contributed by atoms with Crippen LogP contribution in [0.3, 0.4) is 0 Å². The maximum atomic E-state index is 10.6. The third-order valence-electron chi connectivity index (χ3n) is 5.17. The largest absolute Gasteiger partial charge is 0.508 e. The minimum atomic E-state index is -0.517. The molecule has 5 rings (SSSR count). The zero-order valence-corrected chi connectivity index (χ0v) is 21.8. The van der Waals surface area contributed by atoms with Crippen LogP contribution in [-0.2, 0) is 0 Å². The van der Waals surface area contributed by atoms with Gasteiger partial charge in [0.05, 0.1) is 4.92 Å². The molecule has 0 aliphatic rings. The van der Waals surface area contributed by atoms with Gasteiger partial charge in [-0.3, -0.25) is 10.1 Å². The average Bonchev–Trinajstić information content (AvgIpc) is 3.21. The van der Waals surface area contributed by atoms with Gasteiger partial charge in [-0.2, -0.15) is 5.26 Å². The molecule has 4 aromatic carbocycles. The molecule has 1 aromatic heterocycles. The number of aromatic nitrogens is 1. The van der Waals surface area contributed by atoms with Gasteiger partial charge in [0.15, 0.2) is 0 Å². The second-order valence-electron chi connectivity index (χ2n) is 7.80.